The summed E-state index contributed by atoms with van der Waals surface area (Å²) in [5, 5.41) is 21.6. The Morgan fingerprint density at radius 1 is 1.05 bits per heavy atom. The summed E-state index contributed by atoms with van der Waals surface area (Å²) in [5.74, 6) is -3.72. The standard InChI is InChI=1S/C29H38BN5O7/c1-3-17(2)25(28(39)31-16-23(36)33-22-14-15-24(37)42-30(22)41)34-29(40)26(19-9-4-5-10-19)35-27(38)21-13-12-18-8-6-7-11-20(18)32-21/h6-8,11-13,17,19,22,25-26,41H,3-5,9-10,14-16H2,1-2H3,(H,31,39)(H,33,36)(H,34,40)(H,35,38)/t17-,22-,25-,26-/m0/s1. The van der Waals surface area contributed by atoms with Gasteiger partial charge in [0.25, 0.3) is 11.9 Å². The fourth-order valence-corrected chi connectivity index (χ4v) is 5.41. The van der Waals surface area contributed by atoms with Gasteiger partial charge < -0.3 is 30.9 Å². The molecule has 13 heteroatoms. The largest absolute Gasteiger partial charge is 0.548 e. The van der Waals surface area contributed by atoms with Crippen molar-refractivity contribution in [2.75, 3.05) is 6.54 Å². The van der Waals surface area contributed by atoms with Gasteiger partial charge in [-0.15, -0.1) is 0 Å². The molecule has 1 saturated heterocycles. The molecule has 0 radical (unpaired) electrons. The molecule has 0 spiro atoms. The summed E-state index contributed by atoms with van der Waals surface area (Å²) < 4.78 is 4.73. The van der Waals surface area contributed by atoms with Crippen LogP contribution < -0.4 is 21.3 Å². The molecule has 0 bridgehead atoms. The first-order valence-electron chi connectivity index (χ1n) is 14.6. The maximum atomic E-state index is 13.6. The minimum atomic E-state index is -1.45. The van der Waals surface area contributed by atoms with E-state index in [0.717, 1.165) is 31.1 Å². The average molecular weight is 579 g/mol. The molecule has 12 nitrogen and oxygen atoms in total. The number of carbonyl (C=O) groups is 5. The van der Waals surface area contributed by atoms with E-state index in [1.807, 2.05) is 44.2 Å². The van der Waals surface area contributed by atoms with E-state index in [-0.39, 0.29) is 30.4 Å². The number of amides is 4. The number of aromatic nitrogens is 1. The minimum absolute atomic E-state index is 0.0616. The van der Waals surface area contributed by atoms with Crippen LogP contribution in [0.4, 0.5) is 0 Å². The van der Waals surface area contributed by atoms with E-state index in [1.54, 1.807) is 6.07 Å². The van der Waals surface area contributed by atoms with Crippen LogP contribution in [0.5, 0.6) is 0 Å². The van der Waals surface area contributed by atoms with Gasteiger partial charge in [-0.25, -0.2) is 4.98 Å². The Kier molecular flexibility index (Phi) is 10.5. The Hall–Kier alpha value is -4.00. The highest BCUT2D eigenvalue weighted by atomic mass is 16.6. The maximum absolute atomic E-state index is 13.6. The van der Waals surface area contributed by atoms with Crippen LogP contribution in [0.3, 0.4) is 0 Å². The molecule has 224 valence electrons. The van der Waals surface area contributed by atoms with Crippen molar-refractivity contribution in [1.82, 2.24) is 26.3 Å². The second-order valence-corrected chi connectivity index (χ2v) is 11.1. The van der Waals surface area contributed by atoms with Gasteiger partial charge in [0.2, 0.25) is 17.7 Å². The van der Waals surface area contributed by atoms with Crippen molar-refractivity contribution < 1.29 is 33.7 Å². The van der Waals surface area contributed by atoms with Crippen LogP contribution in [0.1, 0.15) is 69.3 Å². The SMILES string of the molecule is CC[C@H](C)[C@H](NC(=O)[C@@H](NC(=O)c1ccc2ccccc2n1)C1CCCC1)C(=O)NCC(=O)N[C@H]1CCC(=O)OB1O. The van der Waals surface area contributed by atoms with E-state index in [1.165, 1.54) is 0 Å². The summed E-state index contributed by atoms with van der Waals surface area (Å²) >= 11 is 0. The van der Waals surface area contributed by atoms with E-state index in [0.29, 0.717) is 11.9 Å². The third-order valence-electron chi connectivity index (χ3n) is 8.09. The van der Waals surface area contributed by atoms with Crippen LogP contribution >= 0.6 is 0 Å². The number of nitrogens with one attached hydrogen (secondary N) is 4. The van der Waals surface area contributed by atoms with Crippen LogP contribution in [-0.4, -0.2) is 71.3 Å². The van der Waals surface area contributed by atoms with Gasteiger partial charge in [0.15, 0.2) is 0 Å². The van der Waals surface area contributed by atoms with Crippen LogP contribution in [0.15, 0.2) is 36.4 Å². The van der Waals surface area contributed by atoms with E-state index in [4.69, 9.17) is 4.65 Å². The molecule has 4 atom stereocenters. The average Bonchev–Trinajstić information content (AvgIpc) is 3.52. The molecule has 2 fully saturated rings. The lowest BCUT2D eigenvalue weighted by molar-refractivity contribution is -0.138. The minimum Gasteiger partial charge on any atom is -0.508 e. The van der Waals surface area contributed by atoms with Crippen molar-refractivity contribution in [2.24, 2.45) is 11.8 Å². The third-order valence-corrected chi connectivity index (χ3v) is 8.09. The van der Waals surface area contributed by atoms with Crippen molar-refractivity contribution in [2.45, 2.75) is 76.8 Å². The summed E-state index contributed by atoms with van der Waals surface area (Å²) in [5.41, 5.74) is 0.869. The Balaban J connectivity index is 1.40. The summed E-state index contributed by atoms with van der Waals surface area (Å²) in [6.45, 7) is 3.31. The second-order valence-electron chi connectivity index (χ2n) is 11.1. The molecule has 1 aliphatic heterocycles. The monoisotopic (exact) mass is 579 g/mol. The highest BCUT2D eigenvalue weighted by molar-refractivity contribution is 6.48. The molecular formula is C29H38BN5O7. The van der Waals surface area contributed by atoms with Crippen molar-refractivity contribution >= 4 is 47.6 Å². The molecule has 1 aromatic carbocycles. The Morgan fingerprint density at radius 2 is 1.79 bits per heavy atom. The van der Waals surface area contributed by atoms with Crippen LogP contribution in [-0.2, 0) is 23.8 Å². The number of para-hydroxylation sites is 1. The van der Waals surface area contributed by atoms with E-state index in [9.17, 15) is 29.0 Å². The zero-order valence-electron chi connectivity index (χ0n) is 23.9. The van der Waals surface area contributed by atoms with Gasteiger partial charge in [0.1, 0.15) is 17.8 Å². The Morgan fingerprint density at radius 3 is 2.50 bits per heavy atom. The zero-order chi connectivity index (χ0) is 30.2. The Labute approximate surface area is 244 Å². The highest BCUT2D eigenvalue weighted by Gasteiger charge is 2.38. The van der Waals surface area contributed by atoms with Crippen molar-refractivity contribution in [3.63, 3.8) is 0 Å². The molecule has 1 saturated carbocycles. The van der Waals surface area contributed by atoms with Gasteiger partial charge in [0.05, 0.1) is 18.0 Å². The first-order valence-corrected chi connectivity index (χ1v) is 14.6. The van der Waals surface area contributed by atoms with Crippen LogP contribution in [0.25, 0.3) is 10.9 Å². The number of benzene rings is 1. The van der Waals surface area contributed by atoms with Crippen LogP contribution in [0, 0.1) is 11.8 Å². The molecule has 5 N–H and O–H groups in total. The number of hydrogen-bond acceptors (Lipinski definition) is 8. The number of pyridine rings is 1. The molecule has 4 amide bonds. The topological polar surface area (TPSA) is 176 Å². The van der Waals surface area contributed by atoms with Gasteiger partial charge in [-0.1, -0.05) is 57.4 Å². The van der Waals surface area contributed by atoms with Crippen molar-refractivity contribution in [1.29, 1.82) is 0 Å². The fourth-order valence-electron chi connectivity index (χ4n) is 5.41. The number of nitrogens with zero attached hydrogens (tertiary/aromatic N) is 1. The van der Waals surface area contributed by atoms with Gasteiger partial charge in [-0.2, -0.15) is 0 Å². The molecule has 2 aromatic rings. The zero-order valence-corrected chi connectivity index (χ0v) is 23.9. The normalized spacial score (nSPS) is 19.4. The number of fused-ring (bicyclic) bond motifs is 1. The first kappa shape index (κ1) is 31.0. The number of hydrogen-bond donors (Lipinski definition) is 5. The summed E-state index contributed by atoms with van der Waals surface area (Å²) in [4.78, 5) is 68.2. The fraction of sp³-hybridized carbons (Fsp3) is 0.517. The smallest absolute Gasteiger partial charge is 0.508 e. The van der Waals surface area contributed by atoms with E-state index in [2.05, 4.69) is 26.3 Å². The predicted molar refractivity (Wildman–Crippen MR) is 155 cm³/mol. The summed E-state index contributed by atoms with van der Waals surface area (Å²) in [6, 6.07) is 9.07. The van der Waals surface area contributed by atoms with Gasteiger partial charge >= 0.3 is 7.12 Å². The van der Waals surface area contributed by atoms with Gasteiger partial charge in [-0.3, -0.25) is 24.0 Å². The molecule has 1 aliphatic carbocycles. The lowest BCUT2D eigenvalue weighted by Crippen LogP contribution is -2.58. The third kappa shape index (κ3) is 7.84. The highest BCUT2D eigenvalue weighted by Crippen LogP contribution is 2.28. The molecule has 0 unspecified atom stereocenters. The summed E-state index contributed by atoms with van der Waals surface area (Å²) in [6.07, 6.45) is 4.28. The molecule has 42 heavy (non-hydrogen) atoms. The van der Waals surface area contributed by atoms with E-state index < -0.39 is 61.3 Å². The molecule has 4 rings (SSSR count). The second kappa shape index (κ2) is 14.3. The first-order chi connectivity index (χ1) is 20.2. The predicted octanol–water partition coefficient (Wildman–Crippen LogP) is 1.01. The Bertz CT molecular complexity index is 1320. The molecule has 2 aliphatic rings. The van der Waals surface area contributed by atoms with Gasteiger partial charge in [-0.05, 0) is 43.2 Å². The maximum Gasteiger partial charge on any atom is 0.548 e. The van der Waals surface area contributed by atoms with Crippen LogP contribution in [0.2, 0.25) is 0 Å². The van der Waals surface area contributed by atoms with Crippen molar-refractivity contribution in [3.05, 3.63) is 42.1 Å². The lowest BCUT2D eigenvalue weighted by atomic mass is 9.74. The molecule has 2 heterocycles. The lowest BCUT2D eigenvalue weighted by Gasteiger charge is -2.29. The summed E-state index contributed by atoms with van der Waals surface area (Å²) in [7, 11) is -1.45. The quantitative estimate of drug-likeness (QED) is 0.245. The molecular weight excluding hydrogens is 541 g/mol. The number of rotatable bonds is 11. The van der Waals surface area contributed by atoms with Crippen molar-refractivity contribution in [3.8, 4) is 0 Å². The molecule has 1 aromatic heterocycles. The van der Waals surface area contributed by atoms with E-state index >= 15 is 0 Å². The van der Waals surface area contributed by atoms with Gasteiger partial charge in [0, 0.05) is 11.8 Å². The number of carbonyl (C=O) groups excluding carboxylic acids is 5.